The van der Waals surface area contributed by atoms with Crippen LogP contribution in [0.2, 0.25) is 0 Å². The Morgan fingerprint density at radius 3 is 2.80 bits per heavy atom. The molecule has 108 valence electrons. The SMILES string of the molecule is COc1cc(C(=O)N2CCCC(C(N)=O)C2)ccc1C. The molecule has 0 aliphatic carbocycles. The quantitative estimate of drug-likeness (QED) is 0.905. The van der Waals surface area contributed by atoms with Gasteiger partial charge in [0.05, 0.1) is 13.0 Å². The number of piperidine rings is 1. The normalized spacial score (nSPS) is 18.7. The summed E-state index contributed by atoms with van der Waals surface area (Å²) in [4.78, 5) is 25.4. The van der Waals surface area contributed by atoms with E-state index in [-0.39, 0.29) is 17.7 Å². The maximum atomic E-state index is 12.5. The zero-order chi connectivity index (χ0) is 14.7. The van der Waals surface area contributed by atoms with Crippen LogP contribution in [0.15, 0.2) is 18.2 Å². The lowest BCUT2D eigenvalue weighted by Gasteiger charge is -2.31. The van der Waals surface area contributed by atoms with Gasteiger partial charge in [0.15, 0.2) is 0 Å². The van der Waals surface area contributed by atoms with Crippen molar-refractivity contribution in [1.29, 1.82) is 0 Å². The number of primary amides is 1. The number of carbonyl (C=O) groups excluding carboxylic acids is 2. The third-order valence-electron chi connectivity index (χ3n) is 3.77. The molecule has 2 amide bonds. The number of hydrogen-bond acceptors (Lipinski definition) is 3. The first kappa shape index (κ1) is 14.4. The topological polar surface area (TPSA) is 72.6 Å². The molecule has 0 saturated carbocycles. The number of amides is 2. The highest BCUT2D eigenvalue weighted by molar-refractivity contribution is 5.95. The van der Waals surface area contributed by atoms with Crippen molar-refractivity contribution in [2.45, 2.75) is 19.8 Å². The highest BCUT2D eigenvalue weighted by Gasteiger charge is 2.27. The first-order valence-electron chi connectivity index (χ1n) is 6.76. The molecule has 1 aliphatic heterocycles. The van der Waals surface area contributed by atoms with Gasteiger partial charge in [-0.15, -0.1) is 0 Å². The summed E-state index contributed by atoms with van der Waals surface area (Å²) in [6.07, 6.45) is 1.57. The van der Waals surface area contributed by atoms with E-state index in [2.05, 4.69) is 0 Å². The molecule has 1 aromatic carbocycles. The minimum atomic E-state index is -0.330. The van der Waals surface area contributed by atoms with Crippen LogP contribution in [-0.4, -0.2) is 36.9 Å². The number of benzene rings is 1. The molecule has 1 aliphatic rings. The van der Waals surface area contributed by atoms with Crippen molar-refractivity contribution in [2.24, 2.45) is 11.7 Å². The van der Waals surface area contributed by atoms with Crippen LogP contribution in [0.25, 0.3) is 0 Å². The summed E-state index contributed by atoms with van der Waals surface area (Å²) in [6.45, 7) is 3.00. The Bertz CT molecular complexity index is 528. The molecular formula is C15H20N2O3. The Balaban J connectivity index is 2.16. The number of aryl methyl sites for hydroxylation is 1. The molecule has 0 aromatic heterocycles. The molecule has 0 radical (unpaired) electrons. The minimum Gasteiger partial charge on any atom is -0.496 e. The summed E-state index contributed by atoms with van der Waals surface area (Å²) in [5.74, 6) is 0.0533. The fourth-order valence-corrected chi connectivity index (χ4v) is 2.53. The summed E-state index contributed by atoms with van der Waals surface area (Å²) < 4.78 is 5.24. The third kappa shape index (κ3) is 2.92. The molecule has 1 saturated heterocycles. The first-order valence-corrected chi connectivity index (χ1v) is 6.76. The Kier molecular flexibility index (Phi) is 4.27. The summed E-state index contributed by atoms with van der Waals surface area (Å²) in [5, 5.41) is 0. The monoisotopic (exact) mass is 276 g/mol. The molecule has 0 spiro atoms. The lowest BCUT2D eigenvalue weighted by molar-refractivity contribution is -0.123. The van der Waals surface area contributed by atoms with Gasteiger partial charge in [-0.2, -0.15) is 0 Å². The second-order valence-corrected chi connectivity index (χ2v) is 5.18. The van der Waals surface area contributed by atoms with Crippen LogP contribution in [-0.2, 0) is 4.79 Å². The summed E-state index contributed by atoms with van der Waals surface area (Å²) in [7, 11) is 1.58. The fourth-order valence-electron chi connectivity index (χ4n) is 2.53. The van der Waals surface area contributed by atoms with Gasteiger partial charge in [0.2, 0.25) is 5.91 Å². The molecule has 1 fully saturated rings. The van der Waals surface area contributed by atoms with Crippen molar-refractivity contribution in [3.63, 3.8) is 0 Å². The molecule has 5 heteroatoms. The average molecular weight is 276 g/mol. The van der Waals surface area contributed by atoms with Crippen LogP contribution in [0.5, 0.6) is 5.75 Å². The Hall–Kier alpha value is -2.04. The fraction of sp³-hybridized carbons (Fsp3) is 0.467. The van der Waals surface area contributed by atoms with Crippen LogP contribution in [0, 0.1) is 12.8 Å². The van der Waals surface area contributed by atoms with Crippen LogP contribution in [0.1, 0.15) is 28.8 Å². The summed E-state index contributed by atoms with van der Waals surface area (Å²) in [6, 6.07) is 5.39. The Morgan fingerprint density at radius 1 is 1.40 bits per heavy atom. The van der Waals surface area contributed by atoms with Crippen molar-refractivity contribution < 1.29 is 14.3 Å². The van der Waals surface area contributed by atoms with Gasteiger partial charge in [-0.25, -0.2) is 0 Å². The van der Waals surface area contributed by atoms with Gasteiger partial charge in [-0.3, -0.25) is 9.59 Å². The van der Waals surface area contributed by atoms with Gasteiger partial charge in [0, 0.05) is 18.7 Å². The summed E-state index contributed by atoms with van der Waals surface area (Å²) in [5.41, 5.74) is 6.90. The molecule has 0 bridgehead atoms. The number of rotatable bonds is 3. The molecule has 1 aromatic rings. The molecule has 2 rings (SSSR count). The standard InChI is InChI=1S/C15H20N2O3/c1-10-5-6-11(8-13(10)20-2)15(19)17-7-3-4-12(9-17)14(16)18/h5-6,8,12H,3-4,7,9H2,1-2H3,(H2,16,18). The lowest BCUT2D eigenvalue weighted by atomic mass is 9.97. The molecule has 1 heterocycles. The number of methoxy groups -OCH3 is 1. The zero-order valence-electron chi connectivity index (χ0n) is 11.9. The first-order chi connectivity index (χ1) is 9.52. The van der Waals surface area contributed by atoms with E-state index < -0.39 is 0 Å². The predicted molar refractivity (Wildman–Crippen MR) is 75.6 cm³/mol. The molecule has 20 heavy (non-hydrogen) atoms. The average Bonchev–Trinajstić information content (AvgIpc) is 2.47. The Labute approximate surface area is 118 Å². The number of carbonyl (C=O) groups is 2. The van der Waals surface area contributed by atoms with E-state index in [0.29, 0.717) is 24.4 Å². The largest absolute Gasteiger partial charge is 0.496 e. The van der Waals surface area contributed by atoms with E-state index in [1.807, 2.05) is 13.0 Å². The van der Waals surface area contributed by atoms with Crippen LogP contribution < -0.4 is 10.5 Å². The molecule has 1 unspecified atom stereocenters. The molecule has 2 N–H and O–H groups in total. The van der Waals surface area contributed by atoms with Crippen molar-refractivity contribution >= 4 is 11.8 Å². The number of nitrogens with zero attached hydrogens (tertiary/aromatic N) is 1. The van der Waals surface area contributed by atoms with Crippen molar-refractivity contribution in [3.8, 4) is 5.75 Å². The predicted octanol–water partition coefficient (Wildman–Crippen LogP) is 1.34. The third-order valence-corrected chi connectivity index (χ3v) is 3.77. The Morgan fingerprint density at radius 2 is 2.15 bits per heavy atom. The van der Waals surface area contributed by atoms with E-state index in [9.17, 15) is 9.59 Å². The van der Waals surface area contributed by atoms with Gasteiger partial charge >= 0.3 is 0 Å². The highest BCUT2D eigenvalue weighted by Crippen LogP contribution is 2.22. The number of nitrogens with two attached hydrogens (primary N) is 1. The van der Waals surface area contributed by atoms with Gasteiger partial charge < -0.3 is 15.4 Å². The van der Waals surface area contributed by atoms with E-state index in [1.165, 1.54) is 0 Å². The van der Waals surface area contributed by atoms with E-state index in [0.717, 1.165) is 18.4 Å². The zero-order valence-corrected chi connectivity index (χ0v) is 11.9. The van der Waals surface area contributed by atoms with Crippen molar-refractivity contribution in [3.05, 3.63) is 29.3 Å². The van der Waals surface area contributed by atoms with E-state index in [4.69, 9.17) is 10.5 Å². The maximum absolute atomic E-state index is 12.5. The van der Waals surface area contributed by atoms with Gasteiger partial charge in [0.1, 0.15) is 5.75 Å². The second kappa shape index (κ2) is 5.94. The van der Waals surface area contributed by atoms with Crippen molar-refractivity contribution in [1.82, 2.24) is 4.90 Å². The summed E-state index contributed by atoms with van der Waals surface area (Å²) >= 11 is 0. The number of likely N-dealkylation sites (tertiary alicyclic amines) is 1. The van der Waals surface area contributed by atoms with Gasteiger partial charge in [0.25, 0.3) is 5.91 Å². The smallest absolute Gasteiger partial charge is 0.254 e. The van der Waals surface area contributed by atoms with Crippen LogP contribution in [0.3, 0.4) is 0 Å². The molecular weight excluding hydrogens is 256 g/mol. The van der Waals surface area contributed by atoms with Gasteiger partial charge in [-0.1, -0.05) is 6.07 Å². The second-order valence-electron chi connectivity index (χ2n) is 5.18. The van der Waals surface area contributed by atoms with E-state index >= 15 is 0 Å². The van der Waals surface area contributed by atoms with E-state index in [1.54, 1.807) is 24.1 Å². The maximum Gasteiger partial charge on any atom is 0.254 e. The van der Waals surface area contributed by atoms with Gasteiger partial charge in [-0.05, 0) is 37.5 Å². The van der Waals surface area contributed by atoms with Crippen LogP contribution >= 0.6 is 0 Å². The number of hydrogen-bond donors (Lipinski definition) is 1. The highest BCUT2D eigenvalue weighted by atomic mass is 16.5. The molecule has 5 nitrogen and oxygen atoms in total. The minimum absolute atomic E-state index is 0.0748. The lowest BCUT2D eigenvalue weighted by Crippen LogP contribution is -2.44. The molecule has 1 atom stereocenters. The number of ether oxygens (including phenoxy) is 1. The van der Waals surface area contributed by atoms with Crippen LogP contribution in [0.4, 0.5) is 0 Å². The van der Waals surface area contributed by atoms with Crippen molar-refractivity contribution in [2.75, 3.05) is 20.2 Å².